The van der Waals surface area contributed by atoms with E-state index >= 15 is 0 Å². The van der Waals surface area contributed by atoms with Crippen molar-refractivity contribution in [1.29, 1.82) is 0 Å². The molecule has 0 aromatic rings. The van der Waals surface area contributed by atoms with Crippen molar-refractivity contribution in [3.05, 3.63) is 70.4 Å². The standard InChI is InChI=1S/C15H14/c1-10-6-8-12-9-7-11(2)14-5-3-4-13(10)15(12)14/h3-9,15H,1-2H3. The van der Waals surface area contributed by atoms with Crippen molar-refractivity contribution < 1.29 is 0 Å². The maximum Gasteiger partial charge on any atom is 0.0345 e. The summed E-state index contributed by atoms with van der Waals surface area (Å²) in [6.45, 7) is 4.40. The van der Waals surface area contributed by atoms with E-state index in [2.05, 4.69) is 56.4 Å². The molecule has 3 rings (SSSR count). The number of hydrogen-bond acceptors (Lipinski definition) is 0. The highest BCUT2D eigenvalue weighted by Gasteiger charge is 2.28. The van der Waals surface area contributed by atoms with Crippen LogP contribution in [0.15, 0.2) is 70.4 Å². The zero-order valence-electron chi connectivity index (χ0n) is 9.12. The molecule has 1 atom stereocenters. The van der Waals surface area contributed by atoms with Crippen LogP contribution >= 0.6 is 0 Å². The van der Waals surface area contributed by atoms with Gasteiger partial charge in [-0.2, -0.15) is 0 Å². The van der Waals surface area contributed by atoms with Crippen molar-refractivity contribution >= 4 is 0 Å². The van der Waals surface area contributed by atoms with Gasteiger partial charge in [-0.3, -0.25) is 0 Å². The molecular formula is C15H14. The van der Waals surface area contributed by atoms with Crippen LogP contribution in [0.1, 0.15) is 13.8 Å². The topological polar surface area (TPSA) is 0 Å². The lowest BCUT2D eigenvalue weighted by molar-refractivity contribution is 0.844. The molecule has 1 unspecified atom stereocenters. The van der Waals surface area contributed by atoms with Crippen molar-refractivity contribution in [2.24, 2.45) is 5.92 Å². The highest BCUT2D eigenvalue weighted by molar-refractivity contribution is 5.62. The van der Waals surface area contributed by atoms with Crippen LogP contribution in [0.4, 0.5) is 0 Å². The first kappa shape index (κ1) is 8.72. The monoisotopic (exact) mass is 194 g/mol. The van der Waals surface area contributed by atoms with Gasteiger partial charge in [0.1, 0.15) is 0 Å². The molecular weight excluding hydrogens is 180 g/mol. The van der Waals surface area contributed by atoms with Gasteiger partial charge in [0.25, 0.3) is 0 Å². The van der Waals surface area contributed by atoms with E-state index in [9.17, 15) is 0 Å². The van der Waals surface area contributed by atoms with Crippen molar-refractivity contribution in [2.75, 3.05) is 0 Å². The molecule has 0 saturated carbocycles. The lowest BCUT2D eigenvalue weighted by Crippen LogP contribution is -2.18. The summed E-state index contributed by atoms with van der Waals surface area (Å²) in [5.74, 6) is 0.505. The first-order valence-electron chi connectivity index (χ1n) is 5.43. The van der Waals surface area contributed by atoms with Crippen molar-refractivity contribution in [3.63, 3.8) is 0 Å². The van der Waals surface area contributed by atoms with E-state index in [1.165, 1.54) is 27.9 Å². The molecule has 0 radical (unpaired) electrons. The van der Waals surface area contributed by atoms with E-state index in [0.717, 1.165) is 0 Å². The van der Waals surface area contributed by atoms with Gasteiger partial charge in [0.2, 0.25) is 0 Å². The number of rotatable bonds is 0. The Hall–Kier alpha value is -1.56. The average molecular weight is 194 g/mol. The Bertz CT molecular complexity index is 502. The SMILES string of the molecule is CC1=CC=C2C=CC(C)=C3C=CC=C1C23. The van der Waals surface area contributed by atoms with Crippen LogP contribution in [-0.2, 0) is 0 Å². The third-order valence-corrected chi connectivity index (χ3v) is 3.47. The molecule has 0 aliphatic heterocycles. The van der Waals surface area contributed by atoms with Gasteiger partial charge >= 0.3 is 0 Å². The zero-order chi connectivity index (χ0) is 10.4. The Morgan fingerprint density at radius 2 is 1.80 bits per heavy atom. The van der Waals surface area contributed by atoms with Gasteiger partial charge in [-0.15, -0.1) is 0 Å². The van der Waals surface area contributed by atoms with E-state index in [1.54, 1.807) is 0 Å². The average Bonchev–Trinajstić information content (AvgIpc) is 2.27. The largest absolute Gasteiger partial charge is 0.0616 e. The summed E-state index contributed by atoms with van der Waals surface area (Å²) in [7, 11) is 0. The molecule has 15 heavy (non-hydrogen) atoms. The van der Waals surface area contributed by atoms with E-state index in [1.807, 2.05) is 0 Å². The first-order chi connectivity index (χ1) is 7.27. The van der Waals surface area contributed by atoms with Crippen LogP contribution < -0.4 is 0 Å². The molecule has 0 amide bonds. The summed E-state index contributed by atoms with van der Waals surface area (Å²) in [5.41, 5.74) is 7.15. The minimum atomic E-state index is 0.505. The smallest absolute Gasteiger partial charge is 0.0345 e. The summed E-state index contributed by atoms with van der Waals surface area (Å²) in [6.07, 6.45) is 15.6. The Balaban J connectivity index is 2.26. The van der Waals surface area contributed by atoms with Crippen LogP contribution in [0.3, 0.4) is 0 Å². The van der Waals surface area contributed by atoms with Gasteiger partial charge < -0.3 is 0 Å². The van der Waals surface area contributed by atoms with Crippen LogP contribution in [-0.4, -0.2) is 0 Å². The molecule has 0 nitrogen and oxygen atoms in total. The Morgan fingerprint density at radius 1 is 0.933 bits per heavy atom. The Kier molecular flexibility index (Phi) is 1.72. The zero-order valence-corrected chi connectivity index (χ0v) is 9.12. The lowest BCUT2D eigenvalue weighted by Gasteiger charge is -2.32. The Labute approximate surface area is 90.7 Å². The molecule has 0 aromatic carbocycles. The molecule has 74 valence electrons. The van der Waals surface area contributed by atoms with Crippen molar-refractivity contribution in [2.45, 2.75) is 13.8 Å². The predicted molar refractivity (Wildman–Crippen MR) is 64.4 cm³/mol. The fourth-order valence-electron chi connectivity index (χ4n) is 2.58. The molecule has 0 heterocycles. The van der Waals surface area contributed by atoms with Crippen LogP contribution in [0.2, 0.25) is 0 Å². The molecule has 0 N–H and O–H groups in total. The van der Waals surface area contributed by atoms with Gasteiger partial charge in [-0.1, -0.05) is 42.5 Å². The maximum atomic E-state index is 2.25. The summed E-state index contributed by atoms with van der Waals surface area (Å²) in [5, 5.41) is 0. The third-order valence-electron chi connectivity index (χ3n) is 3.47. The Morgan fingerprint density at radius 3 is 2.67 bits per heavy atom. The second-order valence-corrected chi connectivity index (χ2v) is 4.40. The highest BCUT2D eigenvalue weighted by Crippen LogP contribution is 2.42. The van der Waals surface area contributed by atoms with E-state index in [0.29, 0.717) is 5.92 Å². The van der Waals surface area contributed by atoms with Gasteiger partial charge in [0.15, 0.2) is 0 Å². The summed E-state index contributed by atoms with van der Waals surface area (Å²) in [4.78, 5) is 0. The summed E-state index contributed by atoms with van der Waals surface area (Å²) in [6, 6.07) is 0. The van der Waals surface area contributed by atoms with E-state index in [-0.39, 0.29) is 0 Å². The molecule has 0 spiro atoms. The quantitative estimate of drug-likeness (QED) is 0.549. The first-order valence-corrected chi connectivity index (χ1v) is 5.43. The number of hydrogen-bond donors (Lipinski definition) is 0. The second-order valence-electron chi connectivity index (χ2n) is 4.40. The summed E-state index contributed by atoms with van der Waals surface area (Å²) >= 11 is 0. The molecule has 3 aliphatic rings. The molecule has 0 fully saturated rings. The minimum absolute atomic E-state index is 0.505. The van der Waals surface area contributed by atoms with Crippen LogP contribution in [0.5, 0.6) is 0 Å². The molecule has 0 heteroatoms. The molecule has 0 saturated heterocycles. The number of allylic oxidation sites excluding steroid dienone is 12. The van der Waals surface area contributed by atoms with Crippen LogP contribution in [0, 0.1) is 5.92 Å². The van der Waals surface area contributed by atoms with Gasteiger partial charge in [0.05, 0.1) is 0 Å². The third kappa shape index (κ3) is 1.14. The maximum absolute atomic E-state index is 2.25. The van der Waals surface area contributed by atoms with E-state index < -0.39 is 0 Å². The van der Waals surface area contributed by atoms with Crippen molar-refractivity contribution in [1.82, 2.24) is 0 Å². The fourth-order valence-corrected chi connectivity index (χ4v) is 2.58. The van der Waals surface area contributed by atoms with Gasteiger partial charge in [-0.25, -0.2) is 0 Å². The van der Waals surface area contributed by atoms with Gasteiger partial charge in [0, 0.05) is 5.92 Å². The lowest BCUT2D eigenvalue weighted by atomic mass is 9.72. The van der Waals surface area contributed by atoms with E-state index in [4.69, 9.17) is 0 Å². The molecule has 3 aliphatic carbocycles. The molecule has 0 bridgehead atoms. The normalized spacial score (nSPS) is 27.1. The molecule has 0 aromatic heterocycles. The van der Waals surface area contributed by atoms with Crippen LogP contribution in [0.25, 0.3) is 0 Å². The highest BCUT2D eigenvalue weighted by atomic mass is 14.3. The minimum Gasteiger partial charge on any atom is -0.0616 e. The second kappa shape index (κ2) is 2.96. The predicted octanol–water partition coefficient (Wildman–Crippen LogP) is 3.87. The summed E-state index contributed by atoms with van der Waals surface area (Å²) < 4.78 is 0. The fraction of sp³-hybridized carbons (Fsp3) is 0.200. The van der Waals surface area contributed by atoms with Crippen molar-refractivity contribution in [3.8, 4) is 0 Å². The van der Waals surface area contributed by atoms with Gasteiger partial charge in [-0.05, 0) is 41.7 Å².